The van der Waals surface area contributed by atoms with Gasteiger partial charge in [-0.15, -0.1) is 11.6 Å². The summed E-state index contributed by atoms with van der Waals surface area (Å²) in [7, 11) is 0. The zero-order valence-electron chi connectivity index (χ0n) is 4.78. The van der Waals surface area contributed by atoms with Crippen LogP contribution in [-0.4, -0.2) is 0 Å². The van der Waals surface area contributed by atoms with E-state index in [1.807, 2.05) is 0 Å². The van der Waals surface area contributed by atoms with Gasteiger partial charge in [0.15, 0.2) is 0 Å². The lowest BCUT2D eigenvalue weighted by Crippen LogP contribution is -1.88. The first kappa shape index (κ1) is 6.15. The van der Waals surface area contributed by atoms with Crippen LogP contribution in [0.1, 0.15) is 25.7 Å². The topological polar surface area (TPSA) is 0 Å². The van der Waals surface area contributed by atoms with Crippen molar-refractivity contribution in [3.8, 4) is 0 Å². The summed E-state index contributed by atoms with van der Waals surface area (Å²) in [5.41, 5.74) is 1.19. The Hall–Kier alpha value is 0.0300. The molecular formula is C7H9Cl. The average molecular weight is 129 g/mol. The van der Waals surface area contributed by atoms with Crippen LogP contribution in [0.4, 0.5) is 0 Å². The van der Waals surface area contributed by atoms with Crippen LogP contribution in [0.5, 0.6) is 0 Å². The van der Waals surface area contributed by atoms with Gasteiger partial charge in [0, 0.05) is 0 Å². The fourth-order valence-corrected chi connectivity index (χ4v) is 1.10. The molecule has 0 saturated carbocycles. The highest BCUT2D eigenvalue weighted by atomic mass is 35.5. The molecule has 1 heteroatoms. The predicted molar refractivity (Wildman–Crippen MR) is 35.6 cm³/mol. The van der Waals surface area contributed by atoms with Crippen molar-refractivity contribution in [1.82, 2.24) is 0 Å². The van der Waals surface area contributed by atoms with Crippen molar-refractivity contribution < 1.29 is 0 Å². The van der Waals surface area contributed by atoms with Gasteiger partial charge in [0.05, 0.1) is 0 Å². The number of allylic oxidation sites excluding steroid dienone is 2. The van der Waals surface area contributed by atoms with Crippen LogP contribution >= 0.6 is 11.6 Å². The summed E-state index contributed by atoms with van der Waals surface area (Å²) in [6.45, 7) is 0. The molecule has 0 saturated heterocycles. The van der Waals surface area contributed by atoms with Crippen LogP contribution in [-0.2, 0) is 0 Å². The van der Waals surface area contributed by atoms with Crippen molar-refractivity contribution in [3.63, 3.8) is 0 Å². The first-order chi connectivity index (χ1) is 3.93. The minimum atomic E-state index is 1.13. The van der Waals surface area contributed by atoms with Crippen LogP contribution in [0.3, 0.4) is 0 Å². The molecule has 0 aromatic carbocycles. The van der Waals surface area contributed by atoms with E-state index in [9.17, 15) is 0 Å². The summed E-state index contributed by atoms with van der Waals surface area (Å²) in [5, 5.41) is 0. The van der Waals surface area contributed by atoms with Gasteiger partial charge in [0.1, 0.15) is 5.88 Å². The Balaban J connectivity index is 2.37. The van der Waals surface area contributed by atoms with Crippen LogP contribution in [0.15, 0.2) is 11.6 Å². The zero-order chi connectivity index (χ0) is 5.82. The molecule has 0 aromatic heterocycles. The second kappa shape index (κ2) is 3.13. The van der Waals surface area contributed by atoms with Gasteiger partial charge in [-0.1, -0.05) is 6.08 Å². The number of halogens is 1. The maximum atomic E-state index is 5.36. The molecule has 0 fully saturated rings. The van der Waals surface area contributed by atoms with E-state index in [1.54, 1.807) is 0 Å². The maximum Gasteiger partial charge on any atom is 0.116 e. The molecule has 0 spiro atoms. The molecule has 1 aliphatic carbocycles. The Morgan fingerprint density at radius 2 is 2.38 bits per heavy atom. The van der Waals surface area contributed by atoms with E-state index >= 15 is 0 Å². The minimum absolute atomic E-state index is 1.13. The van der Waals surface area contributed by atoms with E-state index in [4.69, 9.17) is 11.6 Å². The van der Waals surface area contributed by atoms with E-state index in [2.05, 4.69) is 12.0 Å². The molecule has 0 nitrogen and oxygen atoms in total. The molecule has 0 bridgehead atoms. The van der Waals surface area contributed by atoms with Gasteiger partial charge in [-0.25, -0.2) is 0 Å². The highest BCUT2D eigenvalue weighted by Crippen LogP contribution is 2.20. The van der Waals surface area contributed by atoms with E-state index < -0.39 is 0 Å². The summed E-state index contributed by atoms with van der Waals surface area (Å²) in [6.07, 6.45) is 7.09. The monoisotopic (exact) mass is 128 g/mol. The molecule has 1 aliphatic rings. The van der Waals surface area contributed by atoms with E-state index in [-0.39, 0.29) is 0 Å². The molecule has 44 valence electrons. The van der Waals surface area contributed by atoms with E-state index in [1.165, 1.54) is 24.8 Å². The molecule has 0 heterocycles. The van der Waals surface area contributed by atoms with Crippen molar-refractivity contribution >= 4 is 11.6 Å². The third-order valence-corrected chi connectivity index (χ3v) is 1.66. The standard InChI is InChI=1S/C7H9Cl/c8-6-7-4-2-1-3-5-7/h4H,1-3,5H2. The van der Waals surface area contributed by atoms with E-state index in [0.717, 1.165) is 6.42 Å². The van der Waals surface area contributed by atoms with Gasteiger partial charge in [-0.3, -0.25) is 0 Å². The summed E-state index contributed by atoms with van der Waals surface area (Å²) in [5.74, 6) is 2.64. The molecule has 0 aliphatic heterocycles. The zero-order valence-corrected chi connectivity index (χ0v) is 5.54. The third-order valence-electron chi connectivity index (χ3n) is 1.41. The second-order valence-electron chi connectivity index (χ2n) is 2.07. The summed E-state index contributed by atoms with van der Waals surface area (Å²) in [4.78, 5) is 0. The van der Waals surface area contributed by atoms with Crippen molar-refractivity contribution in [1.29, 1.82) is 0 Å². The SMILES string of the molecule is Cl[C]C1=CCCCC1. The molecule has 0 unspecified atom stereocenters. The second-order valence-corrected chi connectivity index (χ2v) is 2.26. The Morgan fingerprint density at radius 3 is 2.75 bits per heavy atom. The first-order valence-corrected chi connectivity index (χ1v) is 3.37. The lowest BCUT2D eigenvalue weighted by Gasteiger charge is -2.07. The maximum absolute atomic E-state index is 5.36. The van der Waals surface area contributed by atoms with Crippen molar-refractivity contribution in [2.45, 2.75) is 25.7 Å². The first-order valence-electron chi connectivity index (χ1n) is 2.99. The lowest BCUT2D eigenvalue weighted by atomic mass is 10.0. The summed E-state index contributed by atoms with van der Waals surface area (Å²) < 4.78 is 0. The third kappa shape index (κ3) is 1.52. The smallest absolute Gasteiger partial charge is 0.110 e. The van der Waals surface area contributed by atoms with Crippen molar-refractivity contribution in [3.05, 3.63) is 17.5 Å². The van der Waals surface area contributed by atoms with Gasteiger partial charge < -0.3 is 0 Å². The lowest BCUT2D eigenvalue weighted by molar-refractivity contribution is 0.709. The normalized spacial score (nSPS) is 20.4. The van der Waals surface area contributed by atoms with Gasteiger partial charge in [-0.05, 0) is 31.3 Å². The largest absolute Gasteiger partial charge is 0.116 e. The molecule has 0 amide bonds. The molecular weight excluding hydrogens is 120 g/mol. The Morgan fingerprint density at radius 1 is 1.50 bits per heavy atom. The Bertz CT molecular complexity index is 94.6. The van der Waals surface area contributed by atoms with Gasteiger partial charge in [-0.2, -0.15) is 0 Å². The van der Waals surface area contributed by atoms with Crippen molar-refractivity contribution in [2.24, 2.45) is 0 Å². The van der Waals surface area contributed by atoms with Crippen LogP contribution in [0.25, 0.3) is 0 Å². The average Bonchev–Trinajstić information content (AvgIpc) is 1.90. The molecule has 2 radical (unpaired) electrons. The van der Waals surface area contributed by atoms with Crippen molar-refractivity contribution in [2.75, 3.05) is 0 Å². The minimum Gasteiger partial charge on any atom is -0.110 e. The quantitative estimate of drug-likeness (QED) is 0.510. The van der Waals surface area contributed by atoms with Gasteiger partial charge in [0.2, 0.25) is 0 Å². The predicted octanol–water partition coefficient (Wildman–Crippen LogP) is 2.76. The Labute approximate surface area is 55.5 Å². The van der Waals surface area contributed by atoms with Crippen LogP contribution in [0, 0.1) is 5.88 Å². The highest BCUT2D eigenvalue weighted by Gasteiger charge is 2.00. The molecule has 1 rings (SSSR count). The van der Waals surface area contributed by atoms with E-state index in [0.29, 0.717) is 0 Å². The molecule has 0 aromatic rings. The number of hydrogen-bond donors (Lipinski definition) is 0. The fourth-order valence-electron chi connectivity index (χ4n) is 0.924. The Kier molecular flexibility index (Phi) is 2.41. The number of rotatable bonds is 1. The van der Waals surface area contributed by atoms with Crippen LogP contribution in [0.2, 0.25) is 0 Å². The summed E-state index contributed by atoms with van der Waals surface area (Å²) in [6, 6.07) is 0. The summed E-state index contributed by atoms with van der Waals surface area (Å²) >= 11 is 5.36. The highest BCUT2D eigenvalue weighted by molar-refractivity contribution is 6.25. The molecule has 8 heavy (non-hydrogen) atoms. The fraction of sp³-hybridized carbons (Fsp3) is 0.571. The number of hydrogen-bond acceptors (Lipinski definition) is 0. The van der Waals surface area contributed by atoms with Gasteiger partial charge >= 0.3 is 0 Å². The molecule has 0 N–H and O–H groups in total. The molecule has 0 atom stereocenters. The van der Waals surface area contributed by atoms with Gasteiger partial charge in [0.25, 0.3) is 0 Å². The van der Waals surface area contributed by atoms with Crippen LogP contribution < -0.4 is 0 Å².